The van der Waals surface area contributed by atoms with Gasteiger partial charge < -0.3 is 10.2 Å². The molecule has 0 bridgehead atoms. The van der Waals surface area contributed by atoms with Crippen molar-refractivity contribution in [1.29, 1.82) is 0 Å². The third-order valence-corrected chi connectivity index (χ3v) is 3.85. The molecule has 1 amide bonds. The number of hydrogen-bond acceptors (Lipinski definition) is 3. The summed E-state index contributed by atoms with van der Waals surface area (Å²) >= 11 is 0. The summed E-state index contributed by atoms with van der Waals surface area (Å²) in [6, 6.07) is 1.12. The van der Waals surface area contributed by atoms with Gasteiger partial charge in [0.25, 0.3) is 0 Å². The van der Waals surface area contributed by atoms with Crippen LogP contribution in [0.1, 0.15) is 32.6 Å². The van der Waals surface area contributed by atoms with Crippen LogP contribution >= 0.6 is 0 Å². The predicted octanol–water partition coefficient (Wildman–Crippen LogP) is 0.681. The largest absolute Gasteiger partial charge is 0.342 e. The third kappa shape index (κ3) is 3.68. The van der Waals surface area contributed by atoms with Crippen LogP contribution in [0.15, 0.2) is 0 Å². The minimum Gasteiger partial charge on any atom is -0.342 e. The Morgan fingerprint density at radius 2 is 2.18 bits per heavy atom. The van der Waals surface area contributed by atoms with E-state index in [0.29, 0.717) is 24.5 Å². The molecule has 1 unspecified atom stereocenters. The molecule has 0 spiro atoms. The Hall–Kier alpha value is -0.610. The van der Waals surface area contributed by atoms with Crippen LogP contribution in [0.25, 0.3) is 0 Å². The van der Waals surface area contributed by atoms with Gasteiger partial charge in [0.2, 0.25) is 5.91 Å². The lowest BCUT2D eigenvalue weighted by Crippen LogP contribution is -2.49. The minimum atomic E-state index is 0.296. The van der Waals surface area contributed by atoms with Gasteiger partial charge in [-0.1, -0.05) is 6.92 Å². The molecule has 4 nitrogen and oxygen atoms in total. The maximum absolute atomic E-state index is 12.0. The van der Waals surface area contributed by atoms with Crippen molar-refractivity contribution in [2.75, 3.05) is 33.2 Å². The zero-order chi connectivity index (χ0) is 12.3. The van der Waals surface area contributed by atoms with Crippen LogP contribution in [0.5, 0.6) is 0 Å². The third-order valence-electron chi connectivity index (χ3n) is 3.85. The van der Waals surface area contributed by atoms with Gasteiger partial charge in [-0.15, -0.1) is 0 Å². The van der Waals surface area contributed by atoms with Gasteiger partial charge in [0.05, 0.1) is 6.54 Å². The van der Waals surface area contributed by atoms with Crippen molar-refractivity contribution in [3.05, 3.63) is 0 Å². The monoisotopic (exact) mass is 239 g/mol. The number of piperidine rings is 1. The molecule has 2 rings (SSSR count). The lowest BCUT2D eigenvalue weighted by Gasteiger charge is -2.33. The van der Waals surface area contributed by atoms with Gasteiger partial charge in [0, 0.05) is 25.7 Å². The van der Waals surface area contributed by atoms with Crippen molar-refractivity contribution in [3.63, 3.8) is 0 Å². The van der Waals surface area contributed by atoms with Crippen molar-refractivity contribution < 1.29 is 4.79 Å². The van der Waals surface area contributed by atoms with Crippen LogP contribution < -0.4 is 5.32 Å². The summed E-state index contributed by atoms with van der Waals surface area (Å²) < 4.78 is 0. The number of nitrogens with one attached hydrogen (secondary N) is 1. The number of carbonyl (C=O) groups excluding carboxylic acids is 1. The lowest BCUT2D eigenvalue weighted by atomic mass is 10.1. The molecule has 2 aliphatic rings. The van der Waals surface area contributed by atoms with E-state index in [1.54, 1.807) is 0 Å². The summed E-state index contributed by atoms with van der Waals surface area (Å²) in [6.07, 6.45) is 4.85. The maximum Gasteiger partial charge on any atom is 0.236 e. The van der Waals surface area contributed by atoms with Gasteiger partial charge in [0.1, 0.15) is 0 Å². The van der Waals surface area contributed by atoms with Crippen LogP contribution in [-0.2, 0) is 4.79 Å². The van der Waals surface area contributed by atoms with E-state index in [4.69, 9.17) is 0 Å². The molecule has 1 N–H and O–H groups in total. The molecule has 17 heavy (non-hydrogen) atoms. The van der Waals surface area contributed by atoms with Crippen LogP contribution in [0, 0.1) is 0 Å². The summed E-state index contributed by atoms with van der Waals surface area (Å²) in [5.41, 5.74) is 0. The van der Waals surface area contributed by atoms with E-state index >= 15 is 0 Å². The quantitative estimate of drug-likeness (QED) is 0.766. The molecular formula is C13H25N3O. The first-order valence-corrected chi connectivity index (χ1v) is 6.92. The van der Waals surface area contributed by atoms with E-state index in [2.05, 4.69) is 17.1 Å². The molecule has 2 fully saturated rings. The highest BCUT2D eigenvalue weighted by Gasteiger charge is 2.30. The lowest BCUT2D eigenvalue weighted by molar-refractivity contribution is -0.131. The van der Waals surface area contributed by atoms with Gasteiger partial charge in [-0.2, -0.15) is 0 Å². The molecule has 0 aromatic rings. The molecule has 98 valence electrons. The molecule has 1 saturated carbocycles. The number of nitrogens with zero attached hydrogens (tertiary/aromatic N) is 2. The Labute approximate surface area is 104 Å². The maximum atomic E-state index is 12.0. The molecule has 1 aliphatic carbocycles. The van der Waals surface area contributed by atoms with Gasteiger partial charge in [0.15, 0.2) is 0 Å². The van der Waals surface area contributed by atoms with Crippen molar-refractivity contribution in [1.82, 2.24) is 15.1 Å². The van der Waals surface area contributed by atoms with E-state index in [-0.39, 0.29) is 0 Å². The molecular weight excluding hydrogens is 214 g/mol. The van der Waals surface area contributed by atoms with Crippen molar-refractivity contribution in [3.8, 4) is 0 Å². The second kappa shape index (κ2) is 5.83. The summed E-state index contributed by atoms with van der Waals surface area (Å²) in [5, 5.41) is 3.49. The first-order chi connectivity index (χ1) is 8.20. The minimum absolute atomic E-state index is 0.296. The van der Waals surface area contributed by atoms with Gasteiger partial charge >= 0.3 is 0 Å². The number of likely N-dealkylation sites (N-methyl/N-ethyl adjacent to an activating group) is 2. The smallest absolute Gasteiger partial charge is 0.236 e. The molecule has 1 aliphatic heterocycles. The fourth-order valence-electron chi connectivity index (χ4n) is 2.62. The Morgan fingerprint density at radius 1 is 1.41 bits per heavy atom. The average molecular weight is 239 g/mol. The van der Waals surface area contributed by atoms with Crippen LogP contribution in [0.2, 0.25) is 0 Å². The number of rotatable bonds is 5. The number of hydrogen-bond donors (Lipinski definition) is 1. The second-order valence-corrected chi connectivity index (χ2v) is 5.37. The Bertz CT molecular complexity index is 263. The van der Waals surface area contributed by atoms with Gasteiger partial charge in [-0.25, -0.2) is 0 Å². The van der Waals surface area contributed by atoms with Crippen molar-refractivity contribution in [2.45, 2.75) is 44.7 Å². The molecule has 1 heterocycles. The molecule has 1 atom stereocenters. The number of carbonyl (C=O) groups is 1. The normalized spacial score (nSPS) is 25.9. The molecule has 1 saturated heterocycles. The van der Waals surface area contributed by atoms with Gasteiger partial charge in [-0.3, -0.25) is 9.69 Å². The van der Waals surface area contributed by atoms with Crippen LogP contribution in [0.3, 0.4) is 0 Å². The van der Waals surface area contributed by atoms with Gasteiger partial charge in [-0.05, 0) is 38.8 Å². The molecule has 0 radical (unpaired) electrons. The zero-order valence-electron chi connectivity index (χ0n) is 11.1. The number of amides is 1. The van der Waals surface area contributed by atoms with E-state index in [0.717, 1.165) is 19.6 Å². The van der Waals surface area contributed by atoms with Crippen LogP contribution in [-0.4, -0.2) is 61.0 Å². The highest BCUT2D eigenvalue weighted by Crippen LogP contribution is 2.25. The fraction of sp³-hybridized carbons (Fsp3) is 0.923. The Kier molecular flexibility index (Phi) is 4.40. The molecule has 4 heteroatoms. The summed E-state index contributed by atoms with van der Waals surface area (Å²) in [7, 11) is 1.95. The standard InChI is InChI=1S/C13H25N3O/c1-3-14-11-5-4-8-16(9-11)10-13(17)15(2)12-6-7-12/h11-12,14H,3-10H2,1-2H3. The average Bonchev–Trinajstić information content (AvgIpc) is 3.13. The van der Waals surface area contributed by atoms with E-state index in [9.17, 15) is 4.79 Å². The van der Waals surface area contributed by atoms with E-state index in [1.165, 1.54) is 25.7 Å². The second-order valence-electron chi connectivity index (χ2n) is 5.37. The Morgan fingerprint density at radius 3 is 2.82 bits per heavy atom. The fourth-order valence-corrected chi connectivity index (χ4v) is 2.62. The van der Waals surface area contributed by atoms with E-state index < -0.39 is 0 Å². The first kappa shape index (κ1) is 12.8. The summed E-state index contributed by atoms with van der Waals surface area (Å²) in [6.45, 7) is 5.87. The zero-order valence-corrected chi connectivity index (χ0v) is 11.1. The summed E-state index contributed by atoms with van der Waals surface area (Å²) in [5.74, 6) is 0.296. The molecule has 0 aromatic heterocycles. The van der Waals surface area contributed by atoms with Crippen LogP contribution in [0.4, 0.5) is 0 Å². The topological polar surface area (TPSA) is 35.6 Å². The first-order valence-electron chi connectivity index (χ1n) is 6.92. The van der Waals surface area contributed by atoms with Crippen molar-refractivity contribution in [2.24, 2.45) is 0 Å². The summed E-state index contributed by atoms with van der Waals surface area (Å²) in [4.78, 5) is 16.3. The number of likely N-dealkylation sites (tertiary alicyclic amines) is 1. The highest BCUT2D eigenvalue weighted by molar-refractivity contribution is 5.78. The van der Waals surface area contributed by atoms with E-state index in [1.807, 2.05) is 11.9 Å². The molecule has 0 aromatic carbocycles. The SMILES string of the molecule is CCNC1CCCN(CC(=O)N(C)C2CC2)C1. The Balaban J connectivity index is 1.75. The predicted molar refractivity (Wildman–Crippen MR) is 68.9 cm³/mol. The van der Waals surface area contributed by atoms with Crippen molar-refractivity contribution >= 4 is 5.91 Å². The highest BCUT2D eigenvalue weighted by atomic mass is 16.2.